The second-order valence-electron chi connectivity index (χ2n) is 4.14. The second kappa shape index (κ2) is 5.88. The van der Waals surface area contributed by atoms with E-state index < -0.39 is 18.1 Å². The minimum Gasteiger partial charge on any atom is -0.479 e. The van der Waals surface area contributed by atoms with Crippen LogP contribution in [0.15, 0.2) is 60.7 Å². The zero-order valence-corrected chi connectivity index (χ0v) is 10.5. The summed E-state index contributed by atoms with van der Waals surface area (Å²) in [5, 5.41) is 18.8. The van der Waals surface area contributed by atoms with E-state index in [2.05, 4.69) is 0 Å². The summed E-state index contributed by atoms with van der Waals surface area (Å²) in [5.74, 6) is -1.22. The third-order valence-corrected chi connectivity index (χ3v) is 2.85. The summed E-state index contributed by atoms with van der Waals surface area (Å²) in [4.78, 5) is 23.8. The molecule has 0 saturated heterocycles. The third-order valence-electron chi connectivity index (χ3n) is 2.85. The van der Waals surface area contributed by atoms with E-state index in [1.807, 2.05) is 0 Å². The number of nitrogens with zero attached hydrogens (tertiary/aromatic N) is 1. The maximum atomic E-state index is 11.5. The van der Waals surface area contributed by atoms with Gasteiger partial charge in [0.05, 0.1) is 0 Å². The summed E-state index contributed by atoms with van der Waals surface area (Å²) in [6, 6.07) is 15.2. The Labute approximate surface area is 115 Å². The maximum absolute atomic E-state index is 11.5. The van der Waals surface area contributed by atoms with Crippen molar-refractivity contribution < 1.29 is 19.8 Å². The van der Waals surface area contributed by atoms with Gasteiger partial charge in [0.2, 0.25) is 0 Å². The molecule has 0 aliphatic rings. The Morgan fingerprint density at radius 2 is 1.35 bits per heavy atom. The fraction of sp³-hybridized carbons (Fsp3) is 0.0667. The quantitative estimate of drug-likeness (QED) is 0.896. The molecular weight excluding hydrogens is 258 g/mol. The molecule has 102 valence electrons. The van der Waals surface area contributed by atoms with Crippen LogP contribution in [-0.4, -0.2) is 22.3 Å². The highest BCUT2D eigenvalue weighted by Gasteiger charge is 2.32. The molecule has 0 bridgehead atoms. The van der Waals surface area contributed by atoms with Crippen LogP contribution >= 0.6 is 0 Å². The van der Waals surface area contributed by atoms with Crippen molar-refractivity contribution in [1.29, 1.82) is 0 Å². The SMILES string of the molecule is O=C(O)C(c1ccccc1)N(C(=O)O)c1ccccc1. The third kappa shape index (κ3) is 2.77. The van der Waals surface area contributed by atoms with E-state index in [4.69, 9.17) is 0 Å². The molecular formula is C15H13NO4. The standard InChI is InChI=1S/C15H13NO4/c17-14(18)13(11-7-3-1-4-8-11)16(15(19)20)12-9-5-2-6-10-12/h1-10,13H,(H,17,18)(H,19,20). The van der Waals surface area contributed by atoms with Gasteiger partial charge in [0, 0.05) is 5.69 Å². The molecule has 2 rings (SSSR count). The zero-order valence-electron chi connectivity index (χ0n) is 10.5. The van der Waals surface area contributed by atoms with Gasteiger partial charge in [0.15, 0.2) is 6.04 Å². The normalized spacial score (nSPS) is 11.6. The first-order valence-corrected chi connectivity index (χ1v) is 5.96. The Morgan fingerprint density at radius 1 is 0.850 bits per heavy atom. The van der Waals surface area contributed by atoms with Crippen LogP contribution in [0.2, 0.25) is 0 Å². The van der Waals surface area contributed by atoms with E-state index in [1.165, 1.54) is 0 Å². The van der Waals surface area contributed by atoms with Crippen molar-refractivity contribution in [2.45, 2.75) is 6.04 Å². The Hall–Kier alpha value is -2.82. The van der Waals surface area contributed by atoms with E-state index in [1.54, 1.807) is 60.7 Å². The van der Waals surface area contributed by atoms with Crippen LogP contribution in [0, 0.1) is 0 Å². The molecule has 2 aromatic rings. The summed E-state index contributed by atoms with van der Waals surface area (Å²) in [7, 11) is 0. The lowest BCUT2D eigenvalue weighted by Crippen LogP contribution is -2.38. The fourth-order valence-electron chi connectivity index (χ4n) is 2.00. The predicted octanol–water partition coefficient (Wildman–Crippen LogP) is 3.00. The van der Waals surface area contributed by atoms with Gasteiger partial charge in [-0.1, -0.05) is 48.5 Å². The Balaban J connectivity index is 2.50. The highest BCUT2D eigenvalue weighted by atomic mass is 16.4. The van der Waals surface area contributed by atoms with Gasteiger partial charge in [-0.25, -0.2) is 9.59 Å². The first-order chi connectivity index (χ1) is 9.61. The molecule has 0 spiro atoms. The predicted molar refractivity (Wildman–Crippen MR) is 73.8 cm³/mol. The minimum atomic E-state index is -1.31. The van der Waals surface area contributed by atoms with Gasteiger partial charge in [-0.3, -0.25) is 4.90 Å². The first-order valence-electron chi connectivity index (χ1n) is 5.96. The Bertz CT molecular complexity index is 542. The van der Waals surface area contributed by atoms with Crippen molar-refractivity contribution in [3.8, 4) is 0 Å². The van der Waals surface area contributed by atoms with Gasteiger partial charge in [0.1, 0.15) is 0 Å². The van der Waals surface area contributed by atoms with Gasteiger partial charge >= 0.3 is 12.1 Å². The minimum absolute atomic E-state index is 0.316. The number of carbonyl (C=O) groups is 2. The molecule has 1 amide bonds. The van der Waals surface area contributed by atoms with Gasteiger partial charge in [0.25, 0.3) is 0 Å². The molecule has 0 fully saturated rings. The molecule has 2 aromatic carbocycles. The van der Waals surface area contributed by atoms with E-state index in [-0.39, 0.29) is 0 Å². The molecule has 2 N–H and O–H groups in total. The van der Waals surface area contributed by atoms with Crippen LogP contribution < -0.4 is 4.90 Å². The number of hydrogen-bond donors (Lipinski definition) is 2. The molecule has 0 radical (unpaired) electrons. The van der Waals surface area contributed by atoms with Crippen LogP contribution in [0.3, 0.4) is 0 Å². The summed E-state index contributed by atoms with van der Waals surface area (Å²) in [6.07, 6.45) is -1.31. The molecule has 0 aliphatic carbocycles. The average Bonchev–Trinajstić information content (AvgIpc) is 2.45. The molecule has 0 saturated carbocycles. The summed E-state index contributed by atoms with van der Waals surface area (Å²) in [6.45, 7) is 0. The van der Waals surface area contributed by atoms with Crippen LogP contribution in [0.1, 0.15) is 11.6 Å². The number of amides is 1. The van der Waals surface area contributed by atoms with Crippen LogP contribution in [0.5, 0.6) is 0 Å². The molecule has 1 unspecified atom stereocenters. The lowest BCUT2D eigenvalue weighted by atomic mass is 10.0. The smallest absolute Gasteiger partial charge is 0.412 e. The number of hydrogen-bond acceptors (Lipinski definition) is 2. The van der Waals surface area contributed by atoms with Crippen LogP contribution in [-0.2, 0) is 4.79 Å². The van der Waals surface area contributed by atoms with Gasteiger partial charge in [-0.2, -0.15) is 0 Å². The lowest BCUT2D eigenvalue weighted by molar-refractivity contribution is -0.138. The van der Waals surface area contributed by atoms with E-state index in [9.17, 15) is 19.8 Å². The van der Waals surface area contributed by atoms with Crippen molar-refractivity contribution in [3.63, 3.8) is 0 Å². The number of aliphatic carboxylic acids is 1. The largest absolute Gasteiger partial charge is 0.479 e. The molecule has 1 atom stereocenters. The van der Waals surface area contributed by atoms with Gasteiger partial charge < -0.3 is 10.2 Å². The summed E-state index contributed by atoms with van der Waals surface area (Å²) < 4.78 is 0. The van der Waals surface area contributed by atoms with E-state index in [0.29, 0.717) is 11.3 Å². The van der Waals surface area contributed by atoms with Crippen molar-refractivity contribution in [3.05, 3.63) is 66.2 Å². The first kappa shape index (κ1) is 13.6. The molecule has 0 heterocycles. The Morgan fingerprint density at radius 3 is 1.80 bits per heavy atom. The van der Waals surface area contributed by atoms with Crippen molar-refractivity contribution in [1.82, 2.24) is 0 Å². The lowest BCUT2D eigenvalue weighted by Gasteiger charge is -2.26. The monoisotopic (exact) mass is 271 g/mol. The zero-order chi connectivity index (χ0) is 14.5. The average molecular weight is 271 g/mol. The highest BCUT2D eigenvalue weighted by Crippen LogP contribution is 2.27. The molecule has 0 aliphatic heterocycles. The molecule has 20 heavy (non-hydrogen) atoms. The second-order valence-corrected chi connectivity index (χ2v) is 4.14. The number of rotatable bonds is 4. The van der Waals surface area contributed by atoms with Gasteiger partial charge in [-0.15, -0.1) is 0 Å². The van der Waals surface area contributed by atoms with Crippen molar-refractivity contribution in [2.24, 2.45) is 0 Å². The van der Waals surface area contributed by atoms with Crippen LogP contribution in [0.4, 0.5) is 10.5 Å². The van der Waals surface area contributed by atoms with Crippen molar-refractivity contribution in [2.75, 3.05) is 4.90 Å². The highest BCUT2D eigenvalue weighted by molar-refractivity contribution is 5.94. The summed E-state index contributed by atoms with van der Waals surface area (Å²) >= 11 is 0. The Kier molecular flexibility index (Phi) is 4.00. The molecule has 5 heteroatoms. The summed E-state index contributed by atoms with van der Waals surface area (Å²) in [5.41, 5.74) is 0.725. The van der Waals surface area contributed by atoms with E-state index >= 15 is 0 Å². The van der Waals surface area contributed by atoms with Crippen LogP contribution in [0.25, 0.3) is 0 Å². The number of benzene rings is 2. The fourth-order valence-corrected chi connectivity index (χ4v) is 2.00. The number of anilines is 1. The topological polar surface area (TPSA) is 77.8 Å². The number of carboxylic acids is 1. The molecule has 5 nitrogen and oxygen atoms in total. The number of para-hydroxylation sites is 1. The van der Waals surface area contributed by atoms with Crippen molar-refractivity contribution >= 4 is 17.7 Å². The van der Waals surface area contributed by atoms with E-state index in [0.717, 1.165) is 4.90 Å². The molecule has 0 aromatic heterocycles. The maximum Gasteiger partial charge on any atom is 0.412 e. The van der Waals surface area contributed by atoms with Gasteiger partial charge in [-0.05, 0) is 17.7 Å². The number of carboxylic acid groups (broad SMARTS) is 2.